The molecule has 32 heavy (non-hydrogen) atoms. The molecule has 0 fully saturated rings. The Hall–Kier alpha value is -2.88. The summed E-state index contributed by atoms with van der Waals surface area (Å²) < 4.78 is 20.1. The van der Waals surface area contributed by atoms with Gasteiger partial charge in [-0.25, -0.2) is 19.0 Å². The van der Waals surface area contributed by atoms with E-state index in [9.17, 15) is 9.18 Å². The zero-order valence-corrected chi connectivity index (χ0v) is 19.6. The molecule has 3 rings (SSSR count). The number of hydrogen-bond donors (Lipinski definition) is 2. The van der Waals surface area contributed by atoms with Crippen LogP contribution in [0.1, 0.15) is 27.7 Å². The number of anilines is 1. The molecule has 0 saturated heterocycles. The van der Waals surface area contributed by atoms with E-state index >= 15 is 0 Å². The van der Waals surface area contributed by atoms with Gasteiger partial charge in [0.1, 0.15) is 17.4 Å². The third kappa shape index (κ3) is 6.81. The summed E-state index contributed by atoms with van der Waals surface area (Å²) >= 11 is 1.59. The van der Waals surface area contributed by atoms with Crippen LogP contribution >= 0.6 is 11.8 Å². The number of fused-ring (bicyclic) bond motifs is 1. The Labute approximate surface area is 191 Å². The summed E-state index contributed by atoms with van der Waals surface area (Å²) in [6.07, 6.45) is 1.75. The van der Waals surface area contributed by atoms with E-state index in [0.717, 1.165) is 23.4 Å². The van der Waals surface area contributed by atoms with Gasteiger partial charge in [0, 0.05) is 18.3 Å². The molecule has 0 unspecified atom stereocenters. The van der Waals surface area contributed by atoms with Crippen LogP contribution in [0.3, 0.4) is 0 Å². The van der Waals surface area contributed by atoms with E-state index in [4.69, 9.17) is 4.74 Å². The molecule has 0 aliphatic rings. The fourth-order valence-corrected chi connectivity index (χ4v) is 3.53. The van der Waals surface area contributed by atoms with Crippen LogP contribution in [0, 0.1) is 11.7 Å². The maximum Gasteiger partial charge on any atom is 0.258 e. The summed E-state index contributed by atoms with van der Waals surface area (Å²) in [4.78, 5) is 21.4. The summed E-state index contributed by atoms with van der Waals surface area (Å²) in [5, 5.41) is 12.5. The molecule has 0 spiro atoms. The molecule has 0 bridgehead atoms. The number of nitrogens with zero attached hydrogens (tertiary/aromatic N) is 4. The van der Waals surface area contributed by atoms with Gasteiger partial charge in [-0.3, -0.25) is 4.79 Å². The summed E-state index contributed by atoms with van der Waals surface area (Å²) in [7, 11) is 0. The number of carbonyl (C=O) groups excluding carboxylic acids is 1. The predicted octanol–water partition coefficient (Wildman–Crippen LogP) is 3.73. The lowest BCUT2D eigenvalue weighted by Gasteiger charge is -2.12. The van der Waals surface area contributed by atoms with E-state index in [-0.39, 0.29) is 18.3 Å². The van der Waals surface area contributed by atoms with Crippen LogP contribution in [0.15, 0.2) is 35.6 Å². The van der Waals surface area contributed by atoms with Crippen molar-refractivity contribution in [3.63, 3.8) is 0 Å². The second-order valence-electron chi connectivity index (χ2n) is 7.99. The van der Waals surface area contributed by atoms with Crippen LogP contribution in [-0.2, 0) is 11.3 Å². The van der Waals surface area contributed by atoms with Crippen LogP contribution in [0.2, 0.25) is 0 Å². The van der Waals surface area contributed by atoms with Gasteiger partial charge in [-0.05, 0) is 30.2 Å². The zero-order chi connectivity index (χ0) is 23.1. The van der Waals surface area contributed by atoms with Crippen LogP contribution in [0.25, 0.3) is 11.0 Å². The van der Waals surface area contributed by atoms with Gasteiger partial charge in [0.15, 0.2) is 17.4 Å². The van der Waals surface area contributed by atoms with Crippen molar-refractivity contribution in [3.05, 3.63) is 36.3 Å². The van der Waals surface area contributed by atoms with E-state index in [1.54, 1.807) is 22.6 Å². The molecule has 0 aliphatic carbocycles. The number of carbonyl (C=O) groups is 1. The maximum atomic E-state index is 12.9. The first-order chi connectivity index (χ1) is 15.3. The highest BCUT2D eigenvalue weighted by atomic mass is 32.2. The first-order valence-electron chi connectivity index (χ1n) is 10.6. The normalized spacial score (nSPS) is 11.3. The van der Waals surface area contributed by atoms with Crippen molar-refractivity contribution in [3.8, 4) is 5.75 Å². The highest BCUT2D eigenvalue weighted by molar-refractivity contribution is 7.99. The van der Waals surface area contributed by atoms with E-state index in [0.29, 0.717) is 35.2 Å². The Morgan fingerprint density at radius 2 is 1.94 bits per heavy atom. The highest BCUT2D eigenvalue weighted by Crippen LogP contribution is 2.26. The molecule has 2 aromatic heterocycles. The fraction of sp³-hybridized carbons (Fsp3) is 0.455. The minimum Gasteiger partial charge on any atom is -0.484 e. The number of thioether (sulfide) groups is 1. The van der Waals surface area contributed by atoms with Gasteiger partial charge in [-0.1, -0.05) is 39.5 Å². The summed E-state index contributed by atoms with van der Waals surface area (Å²) in [5.41, 5.74) is 0.728. The smallest absolute Gasteiger partial charge is 0.258 e. The van der Waals surface area contributed by atoms with Gasteiger partial charge >= 0.3 is 0 Å². The SMILES string of the molecule is CC(C)CNc1nc(SC(C)C)nc2c1cnn2CCNC(=O)COc1ccc(F)cc1. The fourth-order valence-electron chi connectivity index (χ4n) is 2.83. The third-order valence-electron chi connectivity index (χ3n) is 4.32. The van der Waals surface area contributed by atoms with Crippen molar-refractivity contribution in [1.29, 1.82) is 0 Å². The van der Waals surface area contributed by atoms with Gasteiger partial charge in [0.2, 0.25) is 0 Å². The van der Waals surface area contributed by atoms with Gasteiger partial charge < -0.3 is 15.4 Å². The standard InChI is InChI=1S/C22H29FN6O2S/c1-14(2)11-25-20-18-12-26-29(21(18)28-22(27-20)32-15(3)4)10-9-24-19(30)13-31-17-7-5-16(23)6-8-17/h5-8,12,14-15H,9-11,13H2,1-4H3,(H,24,30)(H,25,27,28). The van der Waals surface area contributed by atoms with Crippen LogP contribution in [-0.4, -0.2) is 50.6 Å². The molecular weight excluding hydrogens is 431 g/mol. The number of aromatic nitrogens is 4. The number of ether oxygens (including phenoxy) is 1. The van der Waals surface area contributed by atoms with Crippen molar-refractivity contribution < 1.29 is 13.9 Å². The first-order valence-corrected chi connectivity index (χ1v) is 11.5. The van der Waals surface area contributed by atoms with Crippen LogP contribution in [0.5, 0.6) is 5.75 Å². The van der Waals surface area contributed by atoms with Crippen LogP contribution < -0.4 is 15.4 Å². The molecule has 0 atom stereocenters. The number of halogens is 1. The summed E-state index contributed by atoms with van der Waals surface area (Å²) in [5.74, 6) is 1.07. The molecule has 1 aromatic carbocycles. The molecule has 8 nitrogen and oxygen atoms in total. The molecule has 0 radical (unpaired) electrons. The molecule has 2 N–H and O–H groups in total. The number of rotatable bonds is 11. The minimum atomic E-state index is -0.352. The third-order valence-corrected chi connectivity index (χ3v) is 5.19. The molecular formula is C22H29FN6O2S. The van der Waals surface area contributed by atoms with Crippen LogP contribution in [0.4, 0.5) is 10.2 Å². The molecule has 0 aliphatic heterocycles. The average molecular weight is 461 g/mol. The molecule has 172 valence electrons. The Kier molecular flexibility index (Phi) is 8.26. The predicted molar refractivity (Wildman–Crippen MR) is 125 cm³/mol. The van der Waals surface area contributed by atoms with E-state index < -0.39 is 0 Å². The lowest BCUT2D eigenvalue weighted by atomic mass is 10.2. The molecule has 2 heterocycles. The topological polar surface area (TPSA) is 94.0 Å². The number of amides is 1. The lowest BCUT2D eigenvalue weighted by molar-refractivity contribution is -0.123. The minimum absolute atomic E-state index is 0.147. The Morgan fingerprint density at radius 3 is 2.62 bits per heavy atom. The van der Waals surface area contributed by atoms with Gasteiger partial charge in [-0.15, -0.1) is 0 Å². The second-order valence-corrected chi connectivity index (χ2v) is 9.54. The zero-order valence-electron chi connectivity index (χ0n) is 18.8. The largest absolute Gasteiger partial charge is 0.484 e. The van der Waals surface area contributed by atoms with Crippen molar-refractivity contribution in [2.24, 2.45) is 5.92 Å². The molecule has 0 saturated carbocycles. The highest BCUT2D eigenvalue weighted by Gasteiger charge is 2.15. The lowest BCUT2D eigenvalue weighted by Crippen LogP contribution is -2.31. The molecule has 3 aromatic rings. The van der Waals surface area contributed by atoms with Crippen molar-refractivity contribution in [2.75, 3.05) is 25.0 Å². The summed E-state index contributed by atoms with van der Waals surface area (Å²) in [6, 6.07) is 5.54. The van der Waals surface area contributed by atoms with Crippen molar-refractivity contribution >= 4 is 34.5 Å². The molecule has 1 amide bonds. The first kappa shape index (κ1) is 23.8. The van der Waals surface area contributed by atoms with E-state index in [1.807, 2.05) is 0 Å². The number of benzene rings is 1. The average Bonchev–Trinajstić information content (AvgIpc) is 3.14. The quantitative estimate of drug-likeness (QED) is 0.333. The Morgan fingerprint density at radius 1 is 1.19 bits per heavy atom. The second kappa shape index (κ2) is 11.1. The van der Waals surface area contributed by atoms with Gasteiger partial charge in [0.05, 0.1) is 18.1 Å². The van der Waals surface area contributed by atoms with Gasteiger partial charge in [0.25, 0.3) is 5.91 Å². The Balaban J connectivity index is 1.62. The molecule has 10 heteroatoms. The number of hydrogen-bond acceptors (Lipinski definition) is 7. The van der Waals surface area contributed by atoms with Crippen molar-refractivity contribution in [2.45, 2.75) is 44.6 Å². The maximum absolute atomic E-state index is 12.9. The summed E-state index contributed by atoms with van der Waals surface area (Å²) in [6.45, 7) is 9.95. The number of nitrogens with one attached hydrogen (secondary N) is 2. The van der Waals surface area contributed by atoms with Gasteiger partial charge in [-0.2, -0.15) is 5.10 Å². The Bertz CT molecular complexity index is 1040. The van der Waals surface area contributed by atoms with Crippen molar-refractivity contribution in [1.82, 2.24) is 25.1 Å². The van der Waals surface area contributed by atoms with E-state index in [2.05, 4.69) is 53.4 Å². The van der Waals surface area contributed by atoms with E-state index in [1.165, 1.54) is 24.3 Å². The monoisotopic (exact) mass is 460 g/mol.